The van der Waals surface area contributed by atoms with Gasteiger partial charge in [0.15, 0.2) is 0 Å². The van der Waals surface area contributed by atoms with Crippen LogP contribution in [0, 0.1) is 6.92 Å². The van der Waals surface area contributed by atoms with Gasteiger partial charge in [-0.05, 0) is 13.0 Å². The zero-order valence-electron chi connectivity index (χ0n) is 10.8. The van der Waals surface area contributed by atoms with E-state index in [0.717, 1.165) is 4.88 Å². The number of aromatic nitrogens is 2. The van der Waals surface area contributed by atoms with Crippen LogP contribution < -0.4 is 5.32 Å². The Balaban J connectivity index is 2.09. The van der Waals surface area contributed by atoms with Gasteiger partial charge in [-0.25, -0.2) is 4.79 Å². The Kier molecular flexibility index (Phi) is 4.41. The van der Waals surface area contributed by atoms with Crippen molar-refractivity contribution in [3.05, 3.63) is 33.9 Å². The summed E-state index contributed by atoms with van der Waals surface area (Å²) in [6, 6.07) is 1.68. The van der Waals surface area contributed by atoms with E-state index in [4.69, 9.17) is 11.6 Å². The number of hydrogen-bond donors (Lipinski definition) is 1. The number of carbonyl (C=O) groups excluding carboxylic acids is 2. The predicted molar refractivity (Wildman–Crippen MR) is 76.3 cm³/mol. The van der Waals surface area contributed by atoms with Crippen molar-refractivity contribution in [2.45, 2.75) is 13.5 Å². The third-order valence-electron chi connectivity index (χ3n) is 2.42. The van der Waals surface area contributed by atoms with Gasteiger partial charge >= 0.3 is 5.97 Å². The number of thiophene rings is 1. The zero-order chi connectivity index (χ0) is 14.7. The number of amides is 1. The van der Waals surface area contributed by atoms with Crippen molar-refractivity contribution in [2.75, 3.05) is 12.4 Å². The van der Waals surface area contributed by atoms with Gasteiger partial charge in [-0.1, -0.05) is 11.6 Å². The summed E-state index contributed by atoms with van der Waals surface area (Å²) in [5, 5.41) is 7.52. The lowest BCUT2D eigenvalue weighted by Gasteiger charge is -2.05. The molecule has 106 valence electrons. The molecule has 0 atom stereocenters. The summed E-state index contributed by atoms with van der Waals surface area (Å²) < 4.78 is 6.09. The number of hydrogen-bond acceptors (Lipinski definition) is 5. The fourth-order valence-electron chi connectivity index (χ4n) is 1.61. The summed E-state index contributed by atoms with van der Waals surface area (Å²) in [6.07, 6.45) is 2.99. The van der Waals surface area contributed by atoms with Crippen molar-refractivity contribution in [3.63, 3.8) is 0 Å². The number of aryl methyl sites for hydroxylation is 1. The van der Waals surface area contributed by atoms with Crippen molar-refractivity contribution in [1.29, 1.82) is 0 Å². The largest absolute Gasteiger partial charge is 0.465 e. The molecular formula is C12H12ClN3O3S. The average molecular weight is 314 g/mol. The van der Waals surface area contributed by atoms with Crippen LogP contribution in [0.4, 0.5) is 5.00 Å². The summed E-state index contributed by atoms with van der Waals surface area (Å²) in [5.74, 6) is -0.774. The molecule has 1 N–H and O–H groups in total. The lowest BCUT2D eigenvalue weighted by atomic mass is 10.3. The molecule has 0 aliphatic heterocycles. The number of nitrogens with one attached hydrogen (secondary N) is 1. The summed E-state index contributed by atoms with van der Waals surface area (Å²) in [5.41, 5.74) is 0.349. The number of nitrogens with zero attached hydrogens (tertiary/aromatic N) is 2. The first-order chi connectivity index (χ1) is 9.49. The molecule has 0 aromatic carbocycles. The van der Waals surface area contributed by atoms with E-state index in [0.29, 0.717) is 15.6 Å². The van der Waals surface area contributed by atoms with E-state index < -0.39 is 5.97 Å². The lowest BCUT2D eigenvalue weighted by Crippen LogP contribution is -2.19. The van der Waals surface area contributed by atoms with Gasteiger partial charge in [0.05, 0.1) is 23.9 Å². The van der Waals surface area contributed by atoms with Gasteiger partial charge in [0.1, 0.15) is 11.5 Å². The average Bonchev–Trinajstić information content (AvgIpc) is 2.94. The maximum absolute atomic E-state index is 11.9. The van der Waals surface area contributed by atoms with Crippen LogP contribution in [0.3, 0.4) is 0 Å². The molecule has 0 radical (unpaired) electrons. The second kappa shape index (κ2) is 6.06. The highest BCUT2D eigenvalue weighted by Crippen LogP contribution is 2.28. The van der Waals surface area contributed by atoms with Gasteiger partial charge in [0, 0.05) is 11.1 Å². The Morgan fingerprint density at radius 2 is 2.30 bits per heavy atom. The molecule has 0 fully saturated rings. The van der Waals surface area contributed by atoms with Crippen molar-refractivity contribution >= 4 is 39.8 Å². The highest BCUT2D eigenvalue weighted by molar-refractivity contribution is 7.16. The number of carbonyl (C=O) groups is 2. The molecule has 6 nitrogen and oxygen atoms in total. The molecule has 0 spiro atoms. The second-order valence-corrected chi connectivity index (χ2v) is 5.69. The van der Waals surface area contributed by atoms with Gasteiger partial charge in [-0.3, -0.25) is 9.48 Å². The Morgan fingerprint density at radius 1 is 1.55 bits per heavy atom. The second-order valence-electron chi connectivity index (χ2n) is 4.00. The molecule has 0 saturated heterocycles. The maximum atomic E-state index is 11.9. The summed E-state index contributed by atoms with van der Waals surface area (Å²) in [4.78, 5) is 24.4. The molecule has 0 aliphatic carbocycles. The van der Waals surface area contributed by atoms with E-state index in [1.54, 1.807) is 12.3 Å². The zero-order valence-corrected chi connectivity index (χ0v) is 12.4. The van der Waals surface area contributed by atoms with Crippen molar-refractivity contribution < 1.29 is 14.3 Å². The third kappa shape index (κ3) is 3.37. The standard InChI is InChI=1S/C12H12ClN3O3S/c1-7-3-9(12(18)19-2)11(20-7)15-10(17)6-16-5-8(13)4-14-16/h3-5H,6H2,1-2H3,(H,15,17). The van der Waals surface area contributed by atoms with E-state index in [2.05, 4.69) is 15.2 Å². The third-order valence-corrected chi connectivity index (χ3v) is 3.58. The van der Waals surface area contributed by atoms with E-state index in [9.17, 15) is 9.59 Å². The van der Waals surface area contributed by atoms with Crippen LogP contribution in [-0.2, 0) is 16.1 Å². The van der Waals surface area contributed by atoms with Crippen molar-refractivity contribution in [1.82, 2.24) is 9.78 Å². The molecule has 2 aromatic rings. The highest BCUT2D eigenvalue weighted by atomic mass is 35.5. The number of halogens is 1. The molecule has 8 heteroatoms. The number of ether oxygens (including phenoxy) is 1. The maximum Gasteiger partial charge on any atom is 0.340 e. The van der Waals surface area contributed by atoms with Crippen molar-refractivity contribution in [2.24, 2.45) is 0 Å². The first kappa shape index (κ1) is 14.5. The summed E-state index contributed by atoms with van der Waals surface area (Å²) >= 11 is 7.03. The van der Waals surface area contributed by atoms with Crippen molar-refractivity contribution in [3.8, 4) is 0 Å². The number of rotatable bonds is 4. The van der Waals surface area contributed by atoms with E-state index in [-0.39, 0.29) is 12.5 Å². The van der Waals surface area contributed by atoms with Crippen LogP contribution in [0.15, 0.2) is 18.5 Å². The topological polar surface area (TPSA) is 73.2 Å². The normalized spacial score (nSPS) is 10.3. The molecule has 2 aromatic heterocycles. The molecule has 0 aliphatic rings. The van der Waals surface area contributed by atoms with Crippen LogP contribution in [0.25, 0.3) is 0 Å². The fraction of sp³-hybridized carbons (Fsp3) is 0.250. The predicted octanol–water partition coefficient (Wildman–Crippen LogP) is 2.33. The molecule has 1 amide bonds. The Hall–Kier alpha value is -1.86. The number of anilines is 1. The summed E-state index contributed by atoms with van der Waals surface area (Å²) in [7, 11) is 1.30. The Bertz CT molecular complexity index is 650. The van der Waals surface area contributed by atoms with Crippen LogP contribution in [0.2, 0.25) is 5.02 Å². The number of esters is 1. The van der Waals surface area contributed by atoms with E-state index >= 15 is 0 Å². The van der Waals surface area contributed by atoms with Gasteiger partial charge in [-0.2, -0.15) is 5.10 Å². The smallest absolute Gasteiger partial charge is 0.340 e. The Morgan fingerprint density at radius 3 is 2.90 bits per heavy atom. The van der Waals surface area contributed by atoms with Gasteiger partial charge in [-0.15, -0.1) is 11.3 Å². The van der Waals surface area contributed by atoms with E-state index in [1.165, 1.54) is 29.3 Å². The molecule has 0 bridgehead atoms. The monoisotopic (exact) mass is 313 g/mol. The van der Waals surface area contributed by atoms with Gasteiger partial charge < -0.3 is 10.1 Å². The lowest BCUT2D eigenvalue weighted by molar-refractivity contribution is -0.116. The van der Waals surface area contributed by atoms with Crippen LogP contribution in [-0.4, -0.2) is 28.8 Å². The quantitative estimate of drug-likeness (QED) is 0.879. The minimum Gasteiger partial charge on any atom is -0.465 e. The summed E-state index contributed by atoms with van der Waals surface area (Å²) in [6.45, 7) is 1.87. The van der Waals surface area contributed by atoms with Crippen LogP contribution >= 0.6 is 22.9 Å². The molecule has 0 unspecified atom stereocenters. The molecule has 2 rings (SSSR count). The van der Waals surface area contributed by atoms with Gasteiger partial charge in [0.2, 0.25) is 5.91 Å². The first-order valence-electron chi connectivity index (χ1n) is 5.66. The molecule has 20 heavy (non-hydrogen) atoms. The first-order valence-corrected chi connectivity index (χ1v) is 6.85. The highest BCUT2D eigenvalue weighted by Gasteiger charge is 2.17. The molecular weight excluding hydrogens is 302 g/mol. The molecule has 0 saturated carbocycles. The Labute approximate surface area is 124 Å². The van der Waals surface area contributed by atoms with Gasteiger partial charge in [0.25, 0.3) is 0 Å². The minimum atomic E-state index is -0.480. The minimum absolute atomic E-state index is 0.0181. The molecule has 2 heterocycles. The van der Waals surface area contributed by atoms with Crippen LogP contribution in [0.5, 0.6) is 0 Å². The van der Waals surface area contributed by atoms with Crippen LogP contribution in [0.1, 0.15) is 15.2 Å². The fourth-order valence-corrected chi connectivity index (χ4v) is 2.68. The number of methoxy groups -OCH3 is 1. The SMILES string of the molecule is COC(=O)c1cc(C)sc1NC(=O)Cn1cc(Cl)cn1. The van der Waals surface area contributed by atoms with E-state index in [1.807, 2.05) is 6.92 Å².